The number of pyridine rings is 3. The van der Waals surface area contributed by atoms with Crippen molar-refractivity contribution in [2.75, 3.05) is 7.11 Å². The summed E-state index contributed by atoms with van der Waals surface area (Å²) in [5.74, 6) is 0.630. The molecule has 3 aromatic heterocycles. The number of hydrogen-bond donors (Lipinski definition) is 3. The van der Waals surface area contributed by atoms with E-state index in [2.05, 4.69) is 15.0 Å². The summed E-state index contributed by atoms with van der Waals surface area (Å²) in [4.78, 5) is 10.8. The molecular formula is C20H20Cl2F3N3O4. The van der Waals surface area contributed by atoms with Gasteiger partial charge in [-0.2, -0.15) is 13.2 Å². The molecule has 0 atom stereocenters. The highest BCUT2D eigenvalue weighted by Crippen LogP contribution is 2.29. The Morgan fingerprint density at radius 3 is 2.00 bits per heavy atom. The van der Waals surface area contributed by atoms with E-state index in [1.54, 1.807) is 25.4 Å². The molecule has 0 bridgehead atoms. The Bertz CT molecular complexity index is 956. The molecule has 0 unspecified atom stereocenters. The zero-order valence-electron chi connectivity index (χ0n) is 16.7. The number of aliphatic hydroxyl groups is 3. The van der Waals surface area contributed by atoms with Gasteiger partial charge in [0.15, 0.2) is 0 Å². The molecule has 0 fully saturated rings. The van der Waals surface area contributed by atoms with Crippen LogP contribution < -0.4 is 4.74 Å². The van der Waals surface area contributed by atoms with Gasteiger partial charge >= 0.3 is 6.18 Å². The lowest BCUT2D eigenvalue weighted by Gasteiger charge is -2.08. The van der Waals surface area contributed by atoms with Crippen LogP contribution in [0.3, 0.4) is 0 Å². The van der Waals surface area contributed by atoms with Gasteiger partial charge in [0.05, 0.1) is 37.0 Å². The highest BCUT2D eigenvalue weighted by atomic mass is 35.5. The average molecular weight is 494 g/mol. The van der Waals surface area contributed by atoms with Crippen molar-refractivity contribution in [1.82, 2.24) is 15.0 Å². The number of ether oxygens (including phenoxy) is 1. The van der Waals surface area contributed by atoms with Crippen LogP contribution in [0.25, 0.3) is 0 Å². The van der Waals surface area contributed by atoms with E-state index in [-0.39, 0.29) is 18.8 Å². The molecule has 0 aliphatic carbocycles. The SMILES string of the molecule is COc1cccnc1CO.OCc1cccnc1C(F)(F)F.OCc1cncc(Cl)c1Cl. The molecule has 0 aliphatic heterocycles. The van der Waals surface area contributed by atoms with E-state index in [0.29, 0.717) is 27.1 Å². The van der Waals surface area contributed by atoms with Gasteiger partial charge < -0.3 is 20.1 Å². The summed E-state index contributed by atoms with van der Waals surface area (Å²) in [6.07, 6.45) is 1.09. The maximum Gasteiger partial charge on any atom is 0.433 e. The van der Waals surface area contributed by atoms with Crippen LogP contribution in [0, 0.1) is 0 Å². The molecule has 7 nitrogen and oxygen atoms in total. The van der Waals surface area contributed by atoms with Gasteiger partial charge in [-0.05, 0) is 18.2 Å². The molecule has 0 radical (unpaired) electrons. The quantitative estimate of drug-likeness (QED) is 0.502. The molecule has 12 heteroatoms. The van der Waals surface area contributed by atoms with E-state index in [9.17, 15) is 13.2 Å². The van der Waals surface area contributed by atoms with Crippen LogP contribution in [-0.4, -0.2) is 37.4 Å². The van der Waals surface area contributed by atoms with Gasteiger partial charge in [-0.15, -0.1) is 0 Å². The van der Waals surface area contributed by atoms with Gasteiger partial charge in [0.2, 0.25) is 0 Å². The van der Waals surface area contributed by atoms with Crippen molar-refractivity contribution in [2.45, 2.75) is 26.0 Å². The van der Waals surface area contributed by atoms with Crippen molar-refractivity contribution >= 4 is 23.2 Å². The minimum absolute atomic E-state index is 0.0794. The normalized spacial score (nSPS) is 10.4. The standard InChI is InChI=1S/C7H6F3NO.C7H9NO2.C6H5Cl2NO/c8-7(9,10)6-5(4-12)2-1-3-11-6;1-10-7-3-2-4-8-6(7)5-9;7-5-2-9-1-4(3-10)6(5)8/h1-3,12H,4H2;2-4,9H,5H2,1H3;1-2,10H,3H2. The fourth-order valence-corrected chi connectivity index (χ4v) is 2.45. The molecule has 174 valence electrons. The Labute approximate surface area is 192 Å². The van der Waals surface area contributed by atoms with Gasteiger partial charge in [0.25, 0.3) is 0 Å². The molecule has 3 heterocycles. The number of rotatable bonds is 4. The third-order valence-electron chi connectivity index (χ3n) is 3.63. The van der Waals surface area contributed by atoms with Crippen LogP contribution in [-0.2, 0) is 26.0 Å². The van der Waals surface area contributed by atoms with E-state index < -0.39 is 18.5 Å². The second-order valence-electron chi connectivity index (χ2n) is 5.73. The average Bonchev–Trinajstić information content (AvgIpc) is 2.81. The number of halogens is 5. The first-order valence-corrected chi connectivity index (χ1v) is 9.54. The predicted octanol–water partition coefficient (Wildman–Crippen LogP) is 4.06. The first-order chi connectivity index (χ1) is 15.2. The van der Waals surface area contributed by atoms with Gasteiger partial charge in [-0.1, -0.05) is 29.3 Å². The van der Waals surface area contributed by atoms with Crippen LogP contribution in [0.1, 0.15) is 22.5 Å². The summed E-state index contributed by atoms with van der Waals surface area (Å²) in [5.41, 5.74) is -0.100. The third kappa shape index (κ3) is 8.56. The first-order valence-electron chi connectivity index (χ1n) is 8.78. The highest BCUT2D eigenvalue weighted by Gasteiger charge is 2.34. The Hall–Kier alpha value is -2.50. The van der Waals surface area contributed by atoms with Crippen molar-refractivity contribution in [1.29, 1.82) is 0 Å². The minimum Gasteiger partial charge on any atom is -0.495 e. The molecule has 32 heavy (non-hydrogen) atoms. The zero-order valence-corrected chi connectivity index (χ0v) is 18.2. The Balaban J connectivity index is 0.000000241. The number of aromatic nitrogens is 3. The Kier molecular flexibility index (Phi) is 11.9. The number of aliphatic hydroxyl groups excluding tert-OH is 3. The van der Waals surface area contributed by atoms with Crippen molar-refractivity contribution in [2.24, 2.45) is 0 Å². The van der Waals surface area contributed by atoms with Crippen LogP contribution in [0.5, 0.6) is 5.75 Å². The summed E-state index contributed by atoms with van der Waals surface area (Å²) >= 11 is 11.2. The molecular weight excluding hydrogens is 474 g/mol. The fraction of sp³-hybridized carbons (Fsp3) is 0.250. The monoisotopic (exact) mass is 493 g/mol. The highest BCUT2D eigenvalue weighted by molar-refractivity contribution is 6.42. The topological polar surface area (TPSA) is 109 Å². The van der Waals surface area contributed by atoms with Gasteiger partial charge in [-0.3, -0.25) is 15.0 Å². The molecule has 0 aromatic carbocycles. The van der Waals surface area contributed by atoms with E-state index in [0.717, 1.165) is 6.20 Å². The van der Waals surface area contributed by atoms with E-state index in [1.807, 2.05) is 0 Å². The molecule has 0 spiro atoms. The zero-order chi connectivity index (χ0) is 24.1. The minimum atomic E-state index is -4.49. The van der Waals surface area contributed by atoms with Crippen LogP contribution >= 0.6 is 23.2 Å². The largest absolute Gasteiger partial charge is 0.495 e. The number of methoxy groups -OCH3 is 1. The lowest BCUT2D eigenvalue weighted by Crippen LogP contribution is -2.11. The lowest BCUT2D eigenvalue weighted by atomic mass is 10.2. The summed E-state index contributed by atoms with van der Waals surface area (Å²) in [6.45, 7) is -0.862. The molecule has 0 aliphatic rings. The van der Waals surface area contributed by atoms with Gasteiger partial charge in [0, 0.05) is 35.9 Å². The molecule has 0 saturated carbocycles. The van der Waals surface area contributed by atoms with Crippen LogP contribution in [0.2, 0.25) is 10.0 Å². The molecule has 0 amide bonds. The second-order valence-corrected chi connectivity index (χ2v) is 6.52. The second kappa shape index (κ2) is 13.8. The lowest BCUT2D eigenvalue weighted by molar-refractivity contribution is -0.142. The third-order valence-corrected chi connectivity index (χ3v) is 4.46. The van der Waals surface area contributed by atoms with Crippen LogP contribution in [0.15, 0.2) is 49.1 Å². The molecule has 3 aromatic rings. The Morgan fingerprint density at radius 1 is 0.906 bits per heavy atom. The van der Waals surface area contributed by atoms with E-state index >= 15 is 0 Å². The Morgan fingerprint density at radius 2 is 1.53 bits per heavy atom. The van der Waals surface area contributed by atoms with Crippen molar-refractivity contribution in [3.8, 4) is 5.75 Å². The summed E-state index contributed by atoms with van der Waals surface area (Å²) in [6, 6.07) is 6.06. The molecule has 3 rings (SSSR count). The van der Waals surface area contributed by atoms with Crippen molar-refractivity contribution < 1.29 is 33.2 Å². The van der Waals surface area contributed by atoms with Gasteiger partial charge in [0.1, 0.15) is 17.1 Å². The van der Waals surface area contributed by atoms with Gasteiger partial charge in [-0.25, -0.2) is 0 Å². The van der Waals surface area contributed by atoms with E-state index in [4.69, 9.17) is 43.3 Å². The van der Waals surface area contributed by atoms with Crippen LogP contribution in [0.4, 0.5) is 13.2 Å². The fourth-order valence-electron chi connectivity index (χ4n) is 2.12. The van der Waals surface area contributed by atoms with Crippen molar-refractivity contribution in [3.05, 3.63) is 81.6 Å². The maximum absolute atomic E-state index is 12.1. The predicted molar refractivity (Wildman–Crippen MR) is 112 cm³/mol. The number of hydrogen-bond acceptors (Lipinski definition) is 7. The summed E-state index contributed by atoms with van der Waals surface area (Å²) in [7, 11) is 1.55. The number of alkyl halides is 3. The summed E-state index contributed by atoms with van der Waals surface area (Å²) in [5, 5.41) is 26.7. The first kappa shape index (κ1) is 27.5. The molecule has 3 N–H and O–H groups in total. The summed E-state index contributed by atoms with van der Waals surface area (Å²) < 4.78 is 41.1. The maximum atomic E-state index is 12.1. The van der Waals surface area contributed by atoms with Crippen molar-refractivity contribution in [3.63, 3.8) is 0 Å². The van der Waals surface area contributed by atoms with E-state index in [1.165, 1.54) is 24.5 Å². The molecule has 0 saturated heterocycles. The smallest absolute Gasteiger partial charge is 0.433 e. The number of nitrogens with zero attached hydrogens (tertiary/aromatic N) is 3.